The number of carboxylic acid groups (broad SMARTS) is 1. The van der Waals surface area contributed by atoms with E-state index < -0.39 is 34.5 Å². The van der Waals surface area contributed by atoms with E-state index in [0.29, 0.717) is 10.4 Å². The van der Waals surface area contributed by atoms with E-state index >= 15 is 0 Å². The van der Waals surface area contributed by atoms with Crippen LogP contribution in [0.1, 0.15) is 77.8 Å². The van der Waals surface area contributed by atoms with Gasteiger partial charge in [0.1, 0.15) is 4.88 Å². The Labute approximate surface area is 239 Å². The molecule has 2 amide bonds. The third-order valence-corrected chi connectivity index (χ3v) is 10.1. The minimum atomic E-state index is -4.05. The van der Waals surface area contributed by atoms with Crippen molar-refractivity contribution in [2.24, 2.45) is 11.3 Å². The second-order valence-electron chi connectivity index (χ2n) is 11.3. The Morgan fingerprint density at radius 2 is 1.75 bits per heavy atom. The second-order valence-corrected chi connectivity index (χ2v) is 14.3. The monoisotopic (exact) mass is 585 g/mol. The average molecular weight is 586 g/mol. The van der Waals surface area contributed by atoms with Crippen molar-refractivity contribution in [2.75, 3.05) is 25.0 Å². The number of piperazine rings is 1. The first kappa shape index (κ1) is 29.8. The Morgan fingerprint density at radius 1 is 1.10 bits per heavy atom. The van der Waals surface area contributed by atoms with Crippen molar-refractivity contribution in [3.8, 4) is 11.8 Å². The summed E-state index contributed by atoms with van der Waals surface area (Å²) in [6, 6.07) is 6.75. The van der Waals surface area contributed by atoms with Crippen LogP contribution >= 0.6 is 11.3 Å². The van der Waals surface area contributed by atoms with Crippen LogP contribution in [0.4, 0.5) is 5.69 Å². The van der Waals surface area contributed by atoms with E-state index in [0.717, 1.165) is 43.4 Å². The molecule has 1 aliphatic carbocycles. The SMILES string of the molecule is CNC(=O)c1ccc(S(=O)(=O)N2CC(=O)N(c3cc(C#CC(C)(C)C)sc3C(=O)O)[C@H](C3CCCCC3)C2)cc1. The highest BCUT2D eigenvalue weighted by atomic mass is 32.2. The Kier molecular flexibility index (Phi) is 8.73. The highest BCUT2D eigenvalue weighted by Gasteiger charge is 2.44. The fourth-order valence-electron chi connectivity index (χ4n) is 5.24. The van der Waals surface area contributed by atoms with Gasteiger partial charge < -0.3 is 15.3 Å². The number of carbonyl (C=O) groups excluding carboxylic acids is 2. The zero-order chi connectivity index (χ0) is 29.2. The minimum absolute atomic E-state index is 0.00898. The van der Waals surface area contributed by atoms with Gasteiger partial charge in [-0.15, -0.1) is 11.3 Å². The number of carboxylic acids is 1. The molecule has 1 atom stereocenters. The highest BCUT2D eigenvalue weighted by Crippen LogP contribution is 2.39. The van der Waals surface area contributed by atoms with E-state index in [1.807, 2.05) is 20.8 Å². The molecule has 0 bridgehead atoms. The van der Waals surface area contributed by atoms with Crippen LogP contribution in [0.3, 0.4) is 0 Å². The number of amides is 2. The van der Waals surface area contributed by atoms with Gasteiger partial charge >= 0.3 is 5.97 Å². The smallest absolute Gasteiger partial charge is 0.348 e. The summed E-state index contributed by atoms with van der Waals surface area (Å²) in [4.78, 5) is 40.0. The summed E-state index contributed by atoms with van der Waals surface area (Å²) in [6.45, 7) is 5.51. The van der Waals surface area contributed by atoms with E-state index in [9.17, 15) is 27.9 Å². The molecular weight excluding hydrogens is 550 g/mol. The molecule has 214 valence electrons. The molecule has 0 spiro atoms. The zero-order valence-corrected chi connectivity index (χ0v) is 24.8. The maximum atomic E-state index is 13.8. The van der Waals surface area contributed by atoms with Gasteiger partial charge in [-0.25, -0.2) is 13.2 Å². The van der Waals surface area contributed by atoms with E-state index in [2.05, 4.69) is 17.2 Å². The predicted octanol–water partition coefficient (Wildman–Crippen LogP) is 4.19. The number of nitrogens with one attached hydrogen (secondary N) is 1. The summed E-state index contributed by atoms with van der Waals surface area (Å²) in [6.07, 6.45) is 4.66. The highest BCUT2D eigenvalue weighted by molar-refractivity contribution is 7.89. The molecule has 1 saturated carbocycles. The molecule has 9 nitrogen and oxygen atoms in total. The number of sulfonamides is 1. The molecule has 2 aliphatic rings. The van der Waals surface area contributed by atoms with Crippen molar-refractivity contribution in [2.45, 2.75) is 63.8 Å². The lowest BCUT2D eigenvalue weighted by Crippen LogP contribution is -2.60. The fraction of sp³-hybridized carbons (Fsp3) is 0.483. The summed E-state index contributed by atoms with van der Waals surface area (Å²) >= 11 is 1.03. The Hall–Kier alpha value is -3.20. The number of hydrogen-bond acceptors (Lipinski definition) is 6. The number of hydrogen-bond donors (Lipinski definition) is 2. The lowest BCUT2D eigenvalue weighted by Gasteiger charge is -2.44. The summed E-state index contributed by atoms with van der Waals surface area (Å²) in [7, 11) is -2.56. The second kappa shape index (κ2) is 11.7. The molecule has 2 N–H and O–H groups in total. The van der Waals surface area contributed by atoms with Crippen LogP contribution in [-0.2, 0) is 14.8 Å². The number of thiophene rings is 1. The van der Waals surface area contributed by atoms with Crippen molar-refractivity contribution >= 4 is 44.8 Å². The van der Waals surface area contributed by atoms with Crippen molar-refractivity contribution in [3.63, 3.8) is 0 Å². The molecule has 0 radical (unpaired) electrons. The normalized spacial score (nSPS) is 19.1. The number of carbonyl (C=O) groups is 3. The molecule has 1 aromatic carbocycles. The number of benzene rings is 1. The van der Waals surface area contributed by atoms with Gasteiger partial charge in [0.15, 0.2) is 0 Å². The van der Waals surface area contributed by atoms with Gasteiger partial charge in [-0.05, 0) is 69.9 Å². The molecule has 2 fully saturated rings. The van der Waals surface area contributed by atoms with Crippen LogP contribution in [0.2, 0.25) is 0 Å². The van der Waals surface area contributed by atoms with E-state index in [4.69, 9.17) is 0 Å². The summed E-state index contributed by atoms with van der Waals surface area (Å²) in [5.74, 6) is 4.25. The van der Waals surface area contributed by atoms with Gasteiger partial charge in [0.2, 0.25) is 15.9 Å². The maximum absolute atomic E-state index is 13.8. The quantitative estimate of drug-likeness (QED) is 0.490. The lowest BCUT2D eigenvalue weighted by atomic mass is 9.82. The van der Waals surface area contributed by atoms with Gasteiger partial charge in [-0.1, -0.05) is 31.1 Å². The molecule has 2 heterocycles. The topological polar surface area (TPSA) is 124 Å². The zero-order valence-electron chi connectivity index (χ0n) is 23.2. The third kappa shape index (κ3) is 6.40. The fourth-order valence-corrected chi connectivity index (χ4v) is 7.49. The van der Waals surface area contributed by atoms with Gasteiger partial charge in [0.05, 0.1) is 28.0 Å². The maximum Gasteiger partial charge on any atom is 0.348 e. The number of anilines is 1. The van der Waals surface area contributed by atoms with Gasteiger partial charge in [-0.3, -0.25) is 9.59 Å². The Bertz CT molecular complexity index is 1460. The van der Waals surface area contributed by atoms with Gasteiger partial charge in [0.25, 0.3) is 5.91 Å². The molecule has 1 saturated heterocycles. The standard InChI is InChI=1S/C29H35N3O6S2/c1-29(2,3)15-14-21-16-23(26(39-21)28(35)36)32-24(19-8-6-5-7-9-19)17-31(18-25(32)33)40(37,38)22-12-10-20(11-13-22)27(34)30-4/h10-13,16,19,24H,5-9,17-18H2,1-4H3,(H,30,34)(H,35,36)/t24-/m0/s1. The first-order chi connectivity index (χ1) is 18.8. The molecule has 1 aliphatic heterocycles. The molecule has 0 unspecified atom stereocenters. The molecular formula is C29H35N3O6S2. The first-order valence-electron chi connectivity index (χ1n) is 13.4. The van der Waals surface area contributed by atoms with Crippen LogP contribution < -0.4 is 10.2 Å². The van der Waals surface area contributed by atoms with Crippen molar-refractivity contribution in [1.82, 2.24) is 9.62 Å². The van der Waals surface area contributed by atoms with Crippen molar-refractivity contribution in [3.05, 3.63) is 45.6 Å². The molecule has 11 heteroatoms. The third-order valence-electron chi connectivity index (χ3n) is 7.20. The van der Waals surface area contributed by atoms with E-state index in [-0.39, 0.29) is 39.2 Å². The van der Waals surface area contributed by atoms with Crippen LogP contribution in [0, 0.1) is 23.2 Å². The van der Waals surface area contributed by atoms with Crippen LogP contribution in [0.15, 0.2) is 35.2 Å². The van der Waals surface area contributed by atoms with Crippen molar-refractivity contribution < 1.29 is 27.9 Å². The minimum Gasteiger partial charge on any atom is -0.477 e. The van der Waals surface area contributed by atoms with Gasteiger partial charge in [0, 0.05) is 24.6 Å². The van der Waals surface area contributed by atoms with Crippen molar-refractivity contribution in [1.29, 1.82) is 0 Å². The van der Waals surface area contributed by atoms with Gasteiger partial charge in [-0.2, -0.15) is 4.31 Å². The predicted molar refractivity (Wildman–Crippen MR) is 154 cm³/mol. The average Bonchev–Trinajstić information content (AvgIpc) is 3.35. The Morgan fingerprint density at radius 3 is 2.33 bits per heavy atom. The lowest BCUT2D eigenvalue weighted by molar-refractivity contribution is -0.121. The largest absolute Gasteiger partial charge is 0.477 e. The molecule has 40 heavy (non-hydrogen) atoms. The molecule has 4 rings (SSSR count). The first-order valence-corrected chi connectivity index (χ1v) is 15.6. The van der Waals surface area contributed by atoms with Crippen LogP contribution in [-0.4, -0.2) is 61.8 Å². The van der Waals surface area contributed by atoms with Crippen LogP contribution in [0.5, 0.6) is 0 Å². The summed E-state index contributed by atoms with van der Waals surface area (Å²) < 4.78 is 28.5. The Balaban J connectivity index is 1.72. The summed E-state index contributed by atoms with van der Waals surface area (Å²) in [5.41, 5.74) is 0.321. The molecule has 1 aromatic heterocycles. The molecule has 2 aromatic rings. The number of aromatic carboxylic acids is 1. The van der Waals surface area contributed by atoms with E-state index in [1.54, 1.807) is 6.07 Å². The van der Waals surface area contributed by atoms with Crippen LogP contribution in [0.25, 0.3) is 0 Å². The summed E-state index contributed by atoms with van der Waals surface area (Å²) in [5, 5.41) is 12.5. The number of nitrogens with zero attached hydrogens (tertiary/aromatic N) is 2. The number of rotatable bonds is 6. The van der Waals surface area contributed by atoms with E-state index in [1.165, 1.54) is 40.5 Å².